The maximum Gasteiger partial charge on any atom is 0.236 e. The van der Waals surface area contributed by atoms with Crippen LogP contribution in [-0.2, 0) is 4.79 Å². The van der Waals surface area contributed by atoms with Crippen LogP contribution in [0.25, 0.3) is 0 Å². The van der Waals surface area contributed by atoms with Crippen LogP contribution in [-0.4, -0.2) is 96.8 Å². The molecule has 0 bridgehead atoms. The summed E-state index contributed by atoms with van der Waals surface area (Å²) in [5.41, 5.74) is 1.98. The molecule has 8 heteroatoms. The number of piperidine rings is 1. The molecule has 0 radical (unpaired) electrons. The van der Waals surface area contributed by atoms with Gasteiger partial charge in [-0.25, -0.2) is 5.01 Å². The summed E-state index contributed by atoms with van der Waals surface area (Å²) in [6, 6.07) is 0.777. The summed E-state index contributed by atoms with van der Waals surface area (Å²) in [6.07, 6.45) is 7.80. The highest BCUT2D eigenvalue weighted by molar-refractivity contribution is 6.00. The molecule has 0 spiro atoms. The average Bonchev–Trinajstić information content (AvgIpc) is 2.77. The Morgan fingerprint density at radius 1 is 1.23 bits per heavy atom. The molecule has 1 saturated carbocycles. The van der Waals surface area contributed by atoms with Gasteiger partial charge in [0, 0.05) is 58.8 Å². The first-order chi connectivity index (χ1) is 15.1. The van der Waals surface area contributed by atoms with Crippen molar-refractivity contribution in [1.29, 1.82) is 0 Å². The van der Waals surface area contributed by atoms with Crippen LogP contribution in [0.3, 0.4) is 0 Å². The van der Waals surface area contributed by atoms with Gasteiger partial charge in [0.25, 0.3) is 0 Å². The Hall–Kier alpha value is -2.06. The van der Waals surface area contributed by atoms with Crippen molar-refractivity contribution in [3.05, 3.63) is 24.0 Å². The molecule has 3 aliphatic heterocycles. The summed E-state index contributed by atoms with van der Waals surface area (Å²) >= 11 is 0. The summed E-state index contributed by atoms with van der Waals surface area (Å²) < 4.78 is 0. The van der Waals surface area contributed by atoms with Crippen molar-refractivity contribution in [3.63, 3.8) is 0 Å². The number of nitrogens with zero attached hydrogens (tertiary/aromatic N) is 7. The third-order valence-corrected chi connectivity index (χ3v) is 6.44. The third kappa shape index (κ3) is 6.23. The van der Waals surface area contributed by atoms with Crippen molar-refractivity contribution in [1.82, 2.24) is 19.7 Å². The van der Waals surface area contributed by atoms with E-state index in [2.05, 4.69) is 37.8 Å². The molecule has 1 amide bonds. The smallest absolute Gasteiger partial charge is 0.236 e. The van der Waals surface area contributed by atoms with Crippen molar-refractivity contribution in [2.24, 2.45) is 15.3 Å². The van der Waals surface area contributed by atoms with Crippen LogP contribution in [0.2, 0.25) is 0 Å². The first-order valence-electron chi connectivity index (χ1n) is 11.9. The zero-order valence-electron chi connectivity index (χ0n) is 19.6. The molecule has 8 nitrogen and oxygen atoms in total. The second-order valence-corrected chi connectivity index (χ2v) is 8.45. The fourth-order valence-corrected chi connectivity index (χ4v) is 4.36. The Morgan fingerprint density at radius 2 is 1.97 bits per heavy atom. The van der Waals surface area contributed by atoms with Gasteiger partial charge in [0.15, 0.2) is 5.82 Å². The fraction of sp³-hybridized carbons (Fsp3) is 0.739. The van der Waals surface area contributed by atoms with E-state index in [9.17, 15) is 4.79 Å². The van der Waals surface area contributed by atoms with Crippen molar-refractivity contribution >= 4 is 11.6 Å². The lowest BCUT2D eigenvalue weighted by molar-refractivity contribution is -0.134. The van der Waals surface area contributed by atoms with Crippen LogP contribution in [0.15, 0.2) is 39.4 Å². The van der Waals surface area contributed by atoms with E-state index in [1.165, 1.54) is 19.3 Å². The summed E-state index contributed by atoms with van der Waals surface area (Å²) in [4.78, 5) is 19.6. The minimum Gasteiger partial charge on any atom is -0.339 e. The van der Waals surface area contributed by atoms with Gasteiger partial charge in [0.05, 0.1) is 18.8 Å². The van der Waals surface area contributed by atoms with E-state index < -0.39 is 0 Å². The Bertz CT molecular complexity index is 717. The molecule has 0 unspecified atom stereocenters. The summed E-state index contributed by atoms with van der Waals surface area (Å²) in [5, 5.41) is 14.7. The lowest BCUT2D eigenvalue weighted by Crippen LogP contribution is -2.55. The molecular formula is C23H39N7O. The lowest BCUT2D eigenvalue weighted by atomic mass is 9.91. The predicted molar refractivity (Wildman–Crippen MR) is 125 cm³/mol. The SMILES string of the molecule is C=C1CN(CC(=O)N2CCN(C3CCC3)CC2)CC/C1=N/N(C)C1=CCCN=N1.CC. The van der Waals surface area contributed by atoms with Crippen molar-refractivity contribution in [2.45, 2.75) is 52.0 Å². The summed E-state index contributed by atoms with van der Waals surface area (Å²) in [6.45, 7) is 14.7. The van der Waals surface area contributed by atoms with Gasteiger partial charge < -0.3 is 4.90 Å². The van der Waals surface area contributed by atoms with Crippen LogP contribution in [0.4, 0.5) is 0 Å². The number of amides is 1. The predicted octanol–water partition coefficient (Wildman–Crippen LogP) is 2.96. The van der Waals surface area contributed by atoms with Gasteiger partial charge in [0.2, 0.25) is 5.91 Å². The Morgan fingerprint density at radius 3 is 2.55 bits per heavy atom. The molecule has 0 aromatic heterocycles. The monoisotopic (exact) mass is 429 g/mol. The maximum atomic E-state index is 12.8. The number of rotatable bonds is 5. The first kappa shape index (κ1) is 23.6. The Labute approximate surface area is 187 Å². The molecule has 0 atom stereocenters. The number of piperazine rings is 1. The molecule has 0 N–H and O–H groups in total. The Balaban J connectivity index is 0.00000132. The summed E-state index contributed by atoms with van der Waals surface area (Å²) in [5.74, 6) is 1.03. The molecule has 172 valence electrons. The van der Waals surface area contributed by atoms with E-state index in [-0.39, 0.29) is 5.91 Å². The van der Waals surface area contributed by atoms with Crippen LogP contribution < -0.4 is 0 Å². The normalized spacial score (nSPS) is 24.4. The number of hydrogen-bond acceptors (Lipinski definition) is 7. The molecule has 0 aromatic rings. The molecule has 0 aromatic carbocycles. The van der Waals surface area contributed by atoms with Gasteiger partial charge in [0.1, 0.15) is 0 Å². The number of hydrogen-bond donors (Lipinski definition) is 0. The fourth-order valence-electron chi connectivity index (χ4n) is 4.36. The van der Waals surface area contributed by atoms with E-state index in [4.69, 9.17) is 0 Å². The average molecular weight is 430 g/mol. The largest absolute Gasteiger partial charge is 0.339 e. The molecule has 31 heavy (non-hydrogen) atoms. The van der Waals surface area contributed by atoms with Crippen LogP contribution in [0, 0.1) is 0 Å². The molecule has 1 aliphatic carbocycles. The van der Waals surface area contributed by atoms with Gasteiger partial charge in [-0.1, -0.05) is 26.8 Å². The number of azo groups is 1. The second kappa shape index (κ2) is 11.5. The van der Waals surface area contributed by atoms with Crippen molar-refractivity contribution in [2.75, 3.05) is 59.4 Å². The molecular weight excluding hydrogens is 390 g/mol. The number of carbonyl (C=O) groups is 1. The highest BCUT2D eigenvalue weighted by Crippen LogP contribution is 2.25. The third-order valence-electron chi connectivity index (χ3n) is 6.44. The number of carbonyl (C=O) groups excluding carboxylic acids is 1. The van der Waals surface area contributed by atoms with Crippen molar-refractivity contribution < 1.29 is 4.79 Å². The van der Waals surface area contributed by atoms with Gasteiger partial charge in [-0.05, 0) is 30.9 Å². The molecule has 2 saturated heterocycles. The highest BCUT2D eigenvalue weighted by Gasteiger charge is 2.30. The van der Waals surface area contributed by atoms with Crippen molar-refractivity contribution in [3.8, 4) is 0 Å². The zero-order valence-corrected chi connectivity index (χ0v) is 19.6. The molecule has 3 heterocycles. The van der Waals surface area contributed by atoms with Crippen LogP contribution in [0.1, 0.15) is 46.0 Å². The van der Waals surface area contributed by atoms with Crippen LogP contribution in [0.5, 0.6) is 0 Å². The minimum atomic E-state index is 0.247. The second-order valence-electron chi connectivity index (χ2n) is 8.45. The van der Waals surface area contributed by atoms with E-state index in [1.54, 1.807) is 5.01 Å². The van der Waals surface area contributed by atoms with Gasteiger partial charge in [-0.2, -0.15) is 10.2 Å². The molecule has 3 fully saturated rings. The van der Waals surface area contributed by atoms with E-state index in [0.29, 0.717) is 13.1 Å². The number of hydrazone groups is 1. The summed E-state index contributed by atoms with van der Waals surface area (Å²) in [7, 11) is 1.90. The first-order valence-corrected chi connectivity index (χ1v) is 11.9. The van der Waals surface area contributed by atoms with Gasteiger partial charge in [-0.3, -0.25) is 14.6 Å². The van der Waals surface area contributed by atoms with E-state index in [0.717, 1.165) is 75.3 Å². The topological polar surface area (TPSA) is 67.1 Å². The standard InChI is InChI=1S/C21H33N7O.C2H6/c1-17-15-26(10-8-19(17)24-25(2)20-7-4-9-22-23-20)16-21(29)28-13-11-27(12-14-28)18-5-3-6-18;1-2/h7,18H,1,3-6,8-16H2,2H3;1-2H3/b24-19-;. The van der Waals surface area contributed by atoms with Gasteiger partial charge >= 0.3 is 0 Å². The van der Waals surface area contributed by atoms with E-state index >= 15 is 0 Å². The Kier molecular flexibility index (Phi) is 8.78. The molecule has 4 aliphatic rings. The van der Waals surface area contributed by atoms with E-state index in [1.807, 2.05) is 25.8 Å². The quantitative estimate of drug-likeness (QED) is 0.630. The van der Waals surface area contributed by atoms with Crippen LogP contribution >= 0.6 is 0 Å². The molecule has 4 rings (SSSR count). The lowest BCUT2D eigenvalue weighted by Gasteiger charge is -2.43. The zero-order chi connectivity index (χ0) is 22.2. The maximum absolute atomic E-state index is 12.8. The highest BCUT2D eigenvalue weighted by atomic mass is 16.2. The van der Waals surface area contributed by atoms with Gasteiger partial charge in [-0.15, -0.1) is 5.11 Å². The minimum absolute atomic E-state index is 0.247. The number of likely N-dealkylation sites (tertiary alicyclic amines) is 1.